The summed E-state index contributed by atoms with van der Waals surface area (Å²) in [5, 5.41) is 9.84. The summed E-state index contributed by atoms with van der Waals surface area (Å²) in [7, 11) is 0. The standard InChI is InChI=1S/C19H27N3O2/c1-13(17-8-6-5-7-9-17)10-11-20-19(23)21-14(2)12-18-15(3)22-24-16(18)4/h5-9,13-14H,10-12H2,1-4H3,(H2,20,21,23)/t13-,14+/m1/s1. The maximum atomic E-state index is 12.0. The second kappa shape index (κ2) is 8.52. The maximum absolute atomic E-state index is 12.0. The van der Waals surface area contributed by atoms with E-state index < -0.39 is 0 Å². The Morgan fingerprint density at radius 2 is 1.92 bits per heavy atom. The number of nitrogens with zero attached hydrogens (tertiary/aromatic N) is 1. The zero-order chi connectivity index (χ0) is 17.5. The van der Waals surface area contributed by atoms with Gasteiger partial charge in [0.2, 0.25) is 0 Å². The average Bonchev–Trinajstić information content (AvgIpc) is 2.87. The second-order valence-corrected chi connectivity index (χ2v) is 6.41. The molecule has 0 bridgehead atoms. The lowest BCUT2D eigenvalue weighted by Gasteiger charge is -2.16. The lowest BCUT2D eigenvalue weighted by atomic mass is 9.98. The predicted molar refractivity (Wildman–Crippen MR) is 95.2 cm³/mol. The van der Waals surface area contributed by atoms with E-state index in [0.29, 0.717) is 12.5 Å². The van der Waals surface area contributed by atoms with Crippen LogP contribution >= 0.6 is 0 Å². The van der Waals surface area contributed by atoms with Crippen molar-refractivity contribution in [2.24, 2.45) is 0 Å². The Hall–Kier alpha value is -2.30. The molecule has 2 rings (SSSR count). The largest absolute Gasteiger partial charge is 0.361 e. The summed E-state index contributed by atoms with van der Waals surface area (Å²) in [5.74, 6) is 1.24. The summed E-state index contributed by atoms with van der Waals surface area (Å²) in [5.41, 5.74) is 3.25. The molecule has 1 aromatic heterocycles. The highest BCUT2D eigenvalue weighted by molar-refractivity contribution is 5.74. The number of benzene rings is 1. The van der Waals surface area contributed by atoms with Crippen molar-refractivity contribution in [1.29, 1.82) is 0 Å². The smallest absolute Gasteiger partial charge is 0.315 e. The topological polar surface area (TPSA) is 67.2 Å². The zero-order valence-electron chi connectivity index (χ0n) is 14.9. The second-order valence-electron chi connectivity index (χ2n) is 6.41. The molecule has 1 heterocycles. The number of hydrogen-bond donors (Lipinski definition) is 2. The minimum absolute atomic E-state index is 0.0216. The van der Waals surface area contributed by atoms with E-state index in [1.54, 1.807) is 0 Å². The van der Waals surface area contributed by atoms with Gasteiger partial charge in [0.05, 0.1) is 5.69 Å². The first-order chi connectivity index (χ1) is 11.5. The number of carbonyl (C=O) groups is 1. The fourth-order valence-electron chi connectivity index (χ4n) is 2.78. The Labute approximate surface area is 143 Å². The highest BCUT2D eigenvalue weighted by Gasteiger charge is 2.14. The third-order valence-electron chi connectivity index (χ3n) is 4.30. The van der Waals surface area contributed by atoms with Gasteiger partial charge in [-0.25, -0.2) is 4.79 Å². The van der Waals surface area contributed by atoms with Crippen LogP contribution in [0.2, 0.25) is 0 Å². The molecule has 0 aliphatic carbocycles. The summed E-state index contributed by atoms with van der Waals surface area (Å²) in [6.07, 6.45) is 1.63. The third kappa shape index (κ3) is 5.11. The van der Waals surface area contributed by atoms with Crippen LogP contribution in [0.3, 0.4) is 0 Å². The summed E-state index contributed by atoms with van der Waals surface area (Å²) >= 11 is 0. The van der Waals surface area contributed by atoms with Gasteiger partial charge in [-0.05, 0) is 45.1 Å². The van der Waals surface area contributed by atoms with E-state index in [0.717, 1.165) is 29.9 Å². The van der Waals surface area contributed by atoms with Crippen molar-refractivity contribution in [1.82, 2.24) is 15.8 Å². The van der Waals surface area contributed by atoms with Crippen LogP contribution in [0.25, 0.3) is 0 Å². The van der Waals surface area contributed by atoms with Crippen LogP contribution < -0.4 is 10.6 Å². The van der Waals surface area contributed by atoms with E-state index >= 15 is 0 Å². The Morgan fingerprint density at radius 3 is 2.54 bits per heavy atom. The predicted octanol–water partition coefficient (Wildman–Crippen LogP) is 3.72. The molecule has 2 atom stereocenters. The molecule has 0 spiro atoms. The summed E-state index contributed by atoms with van der Waals surface area (Å²) in [6, 6.07) is 10.2. The van der Waals surface area contributed by atoms with E-state index in [-0.39, 0.29) is 12.1 Å². The van der Waals surface area contributed by atoms with Crippen LogP contribution in [0.15, 0.2) is 34.9 Å². The molecule has 2 N–H and O–H groups in total. The molecule has 0 unspecified atom stereocenters. The molecule has 5 nitrogen and oxygen atoms in total. The van der Waals surface area contributed by atoms with E-state index in [1.165, 1.54) is 5.56 Å². The van der Waals surface area contributed by atoms with Gasteiger partial charge in [-0.15, -0.1) is 0 Å². The molecule has 2 aromatic rings. The number of nitrogens with one attached hydrogen (secondary N) is 2. The first-order valence-corrected chi connectivity index (χ1v) is 8.48. The van der Waals surface area contributed by atoms with Gasteiger partial charge in [0.25, 0.3) is 0 Å². The molecular formula is C19H27N3O2. The molecular weight excluding hydrogens is 302 g/mol. The fourth-order valence-corrected chi connectivity index (χ4v) is 2.78. The molecule has 0 aliphatic rings. The van der Waals surface area contributed by atoms with Crippen molar-refractivity contribution in [3.05, 3.63) is 52.9 Å². The van der Waals surface area contributed by atoms with E-state index in [1.807, 2.05) is 39.0 Å². The highest BCUT2D eigenvalue weighted by atomic mass is 16.5. The van der Waals surface area contributed by atoms with Gasteiger partial charge >= 0.3 is 6.03 Å². The number of aryl methyl sites for hydroxylation is 2. The first-order valence-electron chi connectivity index (χ1n) is 8.48. The molecule has 1 aromatic carbocycles. The summed E-state index contributed by atoms with van der Waals surface area (Å²) in [6.45, 7) is 8.63. The number of amides is 2. The number of urea groups is 1. The average molecular weight is 329 g/mol. The Kier molecular flexibility index (Phi) is 6.41. The molecule has 0 radical (unpaired) electrons. The quantitative estimate of drug-likeness (QED) is 0.813. The van der Waals surface area contributed by atoms with Crippen molar-refractivity contribution >= 4 is 6.03 Å². The molecule has 0 saturated carbocycles. The molecule has 0 aliphatic heterocycles. The van der Waals surface area contributed by atoms with Crippen molar-refractivity contribution in [2.75, 3.05) is 6.54 Å². The van der Waals surface area contributed by atoms with Gasteiger partial charge in [-0.1, -0.05) is 42.4 Å². The van der Waals surface area contributed by atoms with Gasteiger partial charge in [-0.3, -0.25) is 0 Å². The molecule has 0 saturated heterocycles. The maximum Gasteiger partial charge on any atom is 0.315 e. The number of carbonyl (C=O) groups excluding carboxylic acids is 1. The molecule has 130 valence electrons. The monoisotopic (exact) mass is 329 g/mol. The molecule has 0 fully saturated rings. The Bertz CT molecular complexity index is 632. The van der Waals surface area contributed by atoms with Gasteiger partial charge in [0.15, 0.2) is 0 Å². The highest BCUT2D eigenvalue weighted by Crippen LogP contribution is 2.17. The van der Waals surface area contributed by atoms with Crippen LogP contribution in [0.5, 0.6) is 0 Å². The van der Waals surface area contributed by atoms with E-state index in [9.17, 15) is 4.79 Å². The lowest BCUT2D eigenvalue weighted by Crippen LogP contribution is -2.42. The van der Waals surface area contributed by atoms with Crippen LogP contribution in [0.1, 0.15) is 48.8 Å². The van der Waals surface area contributed by atoms with Gasteiger partial charge in [0.1, 0.15) is 5.76 Å². The van der Waals surface area contributed by atoms with Crippen molar-refractivity contribution in [3.63, 3.8) is 0 Å². The fraction of sp³-hybridized carbons (Fsp3) is 0.474. The number of aromatic nitrogens is 1. The molecule has 2 amide bonds. The van der Waals surface area contributed by atoms with Crippen LogP contribution in [-0.2, 0) is 6.42 Å². The van der Waals surface area contributed by atoms with Crippen molar-refractivity contribution in [2.45, 2.75) is 52.5 Å². The SMILES string of the molecule is Cc1noc(C)c1C[C@H](C)NC(=O)NCC[C@@H](C)c1ccccc1. The van der Waals surface area contributed by atoms with Gasteiger partial charge < -0.3 is 15.2 Å². The van der Waals surface area contributed by atoms with Crippen LogP contribution in [0, 0.1) is 13.8 Å². The Balaban J connectivity index is 1.71. The summed E-state index contributed by atoms with van der Waals surface area (Å²) < 4.78 is 5.16. The third-order valence-corrected chi connectivity index (χ3v) is 4.30. The van der Waals surface area contributed by atoms with Gasteiger partial charge in [-0.2, -0.15) is 0 Å². The van der Waals surface area contributed by atoms with Crippen LogP contribution in [-0.4, -0.2) is 23.8 Å². The van der Waals surface area contributed by atoms with Gasteiger partial charge in [0, 0.05) is 18.2 Å². The molecule has 24 heavy (non-hydrogen) atoms. The first kappa shape index (κ1) is 18.0. The summed E-state index contributed by atoms with van der Waals surface area (Å²) in [4.78, 5) is 12.0. The number of rotatable bonds is 7. The number of hydrogen-bond acceptors (Lipinski definition) is 3. The molecule has 5 heteroatoms. The minimum Gasteiger partial charge on any atom is -0.361 e. The Morgan fingerprint density at radius 1 is 1.21 bits per heavy atom. The van der Waals surface area contributed by atoms with E-state index in [2.05, 4.69) is 34.8 Å². The normalized spacial score (nSPS) is 13.3. The van der Waals surface area contributed by atoms with Crippen molar-refractivity contribution < 1.29 is 9.32 Å². The minimum atomic E-state index is -0.130. The lowest BCUT2D eigenvalue weighted by molar-refractivity contribution is 0.237. The van der Waals surface area contributed by atoms with Crippen LogP contribution in [0.4, 0.5) is 4.79 Å². The zero-order valence-corrected chi connectivity index (χ0v) is 14.9. The van der Waals surface area contributed by atoms with E-state index in [4.69, 9.17) is 4.52 Å². The van der Waals surface area contributed by atoms with Crippen molar-refractivity contribution in [3.8, 4) is 0 Å².